The van der Waals surface area contributed by atoms with Crippen molar-refractivity contribution in [2.75, 3.05) is 26.7 Å². The Morgan fingerprint density at radius 2 is 2.29 bits per heavy atom. The van der Waals surface area contributed by atoms with E-state index in [1.54, 1.807) is 0 Å². The Morgan fingerprint density at radius 1 is 1.50 bits per heavy atom. The van der Waals surface area contributed by atoms with Crippen LogP contribution in [0.2, 0.25) is 0 Å². The molecule has 24 heavy (non-hydrogen) atoms. The van der Waals surface area contributed by atoms with Crippen molar-refractivity contribution in [3.8, 4) is 6.19 Å². The fraction of sp³-hybridized carbons (Fsp3) is 0.632. The highest BCUT2D eigenvalue weighted by atomic mass is 15.3. The number of fused-ring (bicyclic) bond motifs is 1. The number of nitrogens with one attached hydrogen (secondary N) is 2. The summed E-state index contributed by atoms with van der Waals surface area (Å²) in [6, 6.07) is 0.198. The van der Waals surface area contributed by atoms with Gasteiger partial charge < -0.3 is 5.32 Å². The largest absolute Gasteiger partial charge is 0.316 e. The Morgan fingerprint density at radius 3 is 2.96 bits per heavy atom. The third-order valence-corrected chi connectivity index (χ3v) is 4.99. The molecule has 0 spiro atoms. The van der Waals surface area contributed by atoms with E-state index < -0.39 is 0 Å². The summed E-state index contributed by atoms with van der Waals surface area (Å²) in [5.41, 5.74) is 3.52. The molecular weight excluding hydrogens is 298 g/mol. The standard InChI is InChI=1S/C19H31N5/c1-5-15(3)18-13-19(23(4)12-11-21-6-2)22-16-9-7-8-10-17(16)24(18)14-20/h7-8,10,16,19,21-22H,5-6,9,11-13H2,1-4H3/b18-15-/t16?,19-/m0/s1. The summed E-state index contributed by atoms with van der Waals surface area (Å²) in [7, 11) is 2.16. The van der Waals surface area contributed by atoms with Crippen molar-refractivity contribution in [2.45, 2.75) is 52.2 Å². The number of nitrogens with zero attached hydrogens (tertiary/aromatic N) is 3. The second-order valence-electron chi connectivity index (χ2n) is 6.54. The molecule has 0 aromatic heterocycles. The lowest BCUT2D eigenvalue weighted by Gasteiger charge is -2.31. The van der Waals surface area contributed by atoms with Crippen molar-refractivity contribution in [2.24, 2.45) is 0 Å². The van der Waals surface area contributed by atoms with Gasteiger partial charge in [0.25, 0.3) is 0 Å². The third-order valence-electron chi connectivity index (χ3n) is 4.99. The van der Waals surface area contributed by atoms with Gasteiger partial charge in [-0.3, -0.25) is 15.1 Å². The zero-order valence-corrected chi connectivity index (χ0v) is 15.5. The van der Waals surface area contributed by atoms with Crippen LogP contribution in [0.1, 0.15) is 40.0 Å². The summed E-state index contributed by atoms with van der Waals surface area (Å²) < 4.78 is 0. The summed E-state index contributed by atoms with van der Waals surface area (Å²) in [5, 5.41) is 17.0. The highest BCUT2D eigenvalue weighted by Crippen LogP contribution is 2.31. The average molecular weight is 329 g/mol. The number of rotatable bonds is 6. The molecule has 2 rings (SSSR count). The molecule has 2 aliphatic rings. The van der Waals surface area contributed by atoms with Crippen molar-refractivity contribution < 1.29 is 0 Å². The first kappa shape index (κ1) is 18.7. The van der Waals surface area contributed by atoms with Crippen LogP contribution >= 0.6 is 0 Å². The van der Waals surface area contributed by atoms with Gasteiger partial charge in [0.15, 0.2) is 6.19 Å². The molecule has 5 nitrogen and oxygen atoms in total. The highest BCUT2D eigenvalue weighted by molar-refractivity contribution is 5.33. The molecule has 1 aliphatic heterocycles. The lowest BCUT2D eigenvalue weighted by Crippen LogP contribution is -2.49. The molecule has 0 aromatic carbocycles. The lowest BCUT2D eigenvalue weighted by atomic mass is 10.0. The predicted octanol–water partition coefficient (Wildman–Crippen LogP) is 2.53. The van der Waals surface area contributed by atoms with Crippen molar-refractivity contribution in [3.05, 3.63) is 35.2 Å². The van der Waals surface area contributed by atoms with E-state index in [-0.39, 0.29) is 12.2 Å². The maximum atomic E-state index is 9.79. The van der Waals surface area contributed by atoms with E-state index in [2.05, 4.69) is 67.8 Å². The highest BCUT2D eigenvalue weighted by Gasteiger charge is 2.33. The van der Waals surface area contributed by atoms with E-state index in [4.69, 9.17) is 0 Å². The molecule has 2 N–H and O–H groups in total. The summed E-state index contributed by atoms with van der Waals surface area (Å²) >= 11 is 0. The SMILES string of the molecule is CCNCCN(C)[C@H]1C/C(=C(\C)CC)N(C#N)C2=CC=CCC2N1. The summed E-state index contributed by atoms with van der Waals surface area (Å²) in [6.07, 6.45) is 11.7. The van der Waals surface area contributed by atoms with Crippen molar-refractivity contribution in [3.63, 3.8) is 0 Å². The monoisotopic (exact) mass is 329 g/mol. The molecule has 0 saturated carbocycles. The number of hydrogen-bond donors (Lipinski definition) is 2. The normalized spacial score (nSPS) is 25.8. The number of nitriles is 1. The van der Waals surface area contributed by atoms with Gasteiger partial charge in [0, 0.05) is 25.2 Å². The van der Waals surface area contributed by atoms with Gasteiger partial charge in [-0.25, -0.2) is 0 Å². The molecule has 2 atom stereocenters. The van der Waals surface area contributed by atoms with Gasteiger partial charge in [-0.15, -0.1) is 0 Å². The summed E-state index contributed by atoms with van der Waals surface area (Å²) in [4.78, 5) is 4.22. The molecular formula is C19H31N5. The van der Waals surface area contributed by atoms with Gasteiger partial charge in [0.1, 0.15) is 0 Å². The molecule has 1 aliphatic carbocycles. The molecule has 1 unspecified atom stereocenters. The van der Waals surface area contributed by atoms with Crippen LogP contribution < -0.4 is 10.6 Å². The number of likely N-dealkylation sites (N-methyl/N-ethyl adjacent to an activating group) is 2. The predicted molar refractivity (Wildman–Crippen MR) is 98.8 cm³/mol. The van der Waals surface area contributed by atoms with Gasteiger partial charge in [0.05, 0.1) is 17.9 Å². The van der Waals surface area contributed by atoms with Crippen molar-refractivity contribution in [1.82, 2.24) is 20.4 Å². The fourth-order valence-corrected chi connectivity index (χ4v) is 3.28. The van der Waals surface area contributed by atoms with E-state index in [0.717, 1.165) is 50.3 Å². The van der Waals surface area contributed by atoms with E-state index >= 15 is 0 Å². The summed E-state index contributed by atoms with van der Waals surface area (Å²) in [6.45, 7) is 9.39. The third kappa shape index (κ3) is 4.27. The minimum atomic E-state index is 0.198. The van der Waals surface area contributed by atoms with E-state index in [9.17, 15) is 5.26 Å². The second kappa shape index (κ2) is 9.03. The van der Waals surface area contributed by atoms with Gasteiger partial charge in [0.2, 0.25) is 0 Å². The van der Waals surface area contributed by atoms with Crippen LogP contribution in [0, 0.1) is 11.5 Å². The molecule has 1 heterocycles. The molecule has 0 amide bonds. The molecule has 132 valence electrons. The van der Waals surface area contributed by atoms with Crippen LogP contribution in [-0.4, -0.2) is 48.7 Å². The van der Waals surface area contributed by atoms with Crippen LogP contribution in [-0.2, 0) is 0 Å². The van der Waals surface area contributed by atoms with Crippen LogP contribution in [0.5, 0.6) is 0 Å². The number of hydrogen-bond acceptors (Lipinski definition) is 5. The van der Waals surface area contributed by atoms with Crippen molar-refractivity contribution in [1.29, 1.82) is 5.26 Å². The Balaban J connectivity index is 2.29. The lowest BCUT2D eigenvalue weighted by molar-refractivity contribution is 0.196. The quantitative estimate of drug-likeness (QED) is 0.579. The van der Waals surface area contributed by atoms with E-state index in [0.29, 0.717) is 0 Å². The van der Waals surface area contributed by atoms with Crippen LogP contribution in [0.15, 0.2) is 35.2 Å². The van der Waals surface area contributed by atoms with Gasteiger partial charge in [-0.05, 0) is 39.4 Å². The maximum Gasteiger partial charge on any atom is 0.188 e. The Kier molecular flexibility index (Phi) is 7.04. The van der Waals surface area contributed by atoms with Gasteiger partial charge in [-0.2, -0.15) is 5.26 Å². The Bertz CT molecular complexity index is 555. The van der Waals surface area contributed by atoms with Gasteiger partial charge >= 0.3 is 0 Å². The first-order valence-corrected chi connectivity index (χ1v) is 9.04. The Hall–Kier alpha value is -1.61. The van der Waals surface area contributed by atoms with Crippen LogP contribution in [0.25, 0.3) is 0 Å². The molecule has 0 aromatic rings. The van der Waals surface area contributed by atoms with E-state index in [1.807, 2.05) is 4.90 Å². The fourth-order valence-electron chi connectivity index (χ4n) is 3.28. The molecule has 0 radical (unpaired) electrons. The smallest absolute Gasteiger partial charge is 0.188 e. The zero-order chi connectivity index (χ0) is 17.5. The average Bonchev–Trinajstić information content (AvgIpc) is 2.77. The van der Waals surface area contributed by atoms with E-state index in [1.165, 1.54) is 5.57 Å². The molecule has 1 fully saturated rings. The molecule has 1 saturated heterocycles. The first-order valence-electron chi connectivity index (χ1n) is 9.04. The first-order chi connectivity index (χ1) is 11.6. The van der Waals surface area contributed by atoms with Gasteiger partial charge in [-0.1, -0.05) is 31.6 Å². The van der Waals surface area contributed by atoms with Crippen molar-refractivity contribution >= 4 is 0 Å². The zero-order valence-electron chi connectivity index (χ0n) is 15.5. The number of allylic oxidation sites excluding steroid dienone is 3. The minimum Gasteiger partial charge on any atom is -0.316 e. The maximum absolute atomic E-state index is 9.79. The summed E-state index contributed by atoms with van der Waals surface area (Å²) in [5.74, 6) is 0. The topological polar surface area (TPSA) is 54.3 Å². The minimum absolute atomic E-state index is 0.198. The second-order valence-corrected chi connectivity index (χ2v) is 6.54. The molecule has 5 heteroatoms. The van der Waals surface area contributed by atoms with Crippen LogP contribution in [0.3, 0.4) is 0 Å². The Labute approximate surface area is 146 Å². The van der Waals surface area contributed by atoms with Crippen LogP contribution in [0.4, 0.5) is 0 Å². The molecule has 0 bridgehead atoms.